The lowest BCUT2D eigenvalue weighted by molar-refractivity contribution is -0.131. The van der Waals surface area contributed by atoms with E-state index in [1.54, 1.807) is 17.0 Å². The van der Waals surface area contributed by atoms with Gasteiger partial charge in [0.25, 0.3) is 0 Å². The molecule has 18 heavy (non-hydrogen) atoms. The molecule has 1 saturated heterocycles. The van der Waals surface area contributed by atoms with Crippen LogP contribution >= 0.6 is 11.6 Å². The lowest BCUT2D eigenvalue weighted by Crippen LogP contribution is -2.51. The van der Waals surface area contributed by atoms with E-state index in [0.29, 0.717) is 18.1 Å². The highest BCUT2D eigenvalue weighted by atomic mass is 35.5. The van der Waals surface area contributed by atoms with E-state index >= 15 is 0 Å². The zero-order valence-corrected chi connectivity index (χ0v) is 11.0. The number of halogens is 2. The Balaban J connectivity index is 2.07. The number of hydrogen-bond acceptors (Lipinski definition) is 2. The number of hydrogen-bond donors (Lipinski definition) is 1. The predicted molar refractivity (Wildman–Crippen MR) is 69.2 cm³/mol. The highest BCUT2D eigenvalue weighted by Gasteiger charge is 2.22. The minimum Gasteiger partial charge on any atom is -0.340 e. The third-order valence-electron chi connectivity index (χ3n) is 3.11. The predicted octanol–water partition coefficient (Wildman–Crippen LogP) is 1.84. The molecule has 0 spiro atoms. The van der Waals surface area contributed by atoms with Crippen LogP contribution < -0.4 is 5.32 Å². The van der Waals surface area contributed by atoms with E-state index in [1.807, 2.05) is 6.92 Å². The molecule has 1 N–H and O–H groups in total. The van der Waals surface area contributed by atoms with E-state index in [0.717, 1.165) is 6.54 Å². The normalized spacial score (nSPS) is 19.9. The summed E-state index contributed by atoms with van der Waals surface area (Å²) in [6.07, 6.45) is 0.0260. The van der Waals surface area contributed by atoms with E-state index < -0.39 is 5.82 Å². The van der Waals surface area contributed by atoms with Crippen molar-refractivity contribution in [3.8, 4) is 0 Å². The summed E-state index contributed by atoms with van der Waals surface area (Å²) in [5.41, 5.74) is 0.287. The van der Waals surface area contributed by atoms with Crippen molar-refractivity contribution >= 4 is 17.5 Å². The molecule has 1 heterocycles. The summed E-state index contributed by atoms with van der Waals surface area (Å²) in [5, 5.41) is 3.57. The molecule has 0 radical (unpaired) electrons. The summed E-state index contributed by atoms with van der Waals surface area (Å²) in [7, 11) is 0. The van der Waals surface area contributed by atoms with Gasteiger partial charge in [-0.1, -0.05) is 17.7 Å². The maximum atomic E-state index is 13.6. The first-order valence-electron chi connectivity index (χ1n) is 6.02. The van der Waals surface area contributed by atoms with E-state index in [1.165, 1.54) is 6.07 Å². The fourth-order valence-electron chi connectivity index (χ4n) is 2.12. The van der Waals surface area contributed by atoms with Gasteiger partial charge in [-0.3, -0.25) is 4.79 Å². The zero-order valence-electron chi connectivity index (χ0n) is 10.2. The van der Waals surface area contributed by atoms with Gasteiger partial charge in [0.1, 0.15) is 5.82 Å². The Morgan fingerprint density at radius 1 is 1.61 bits per heavy atom. The average molecular weight is 271 g/mol. The fraction of sp³-hybridized carbons (Fsp3) is 0.462. The van der Waals surface area contributed by atoms with Crippen LogP contribution in [0.3, 0.4) is 0 Å². The van der Waals surface area contributed by atoms with Crippen molar-refractivity contribution in [2.75, 3.05) is 19.6 Å². The van der Waals surface area contributed by atoms with Crippen molar-refractivity contribution in [3.63, 3.8) is 0 Å². The second kappa shape index (κ2) is 5.67. The first-order valence-corrected chi connectivity index (χ1v) is 6.40. The first-order chi connectivity index (χ1) is 8.58. The topological polar surface area (TPSA) is 32.3 Å². The number of piperazine rings is 1. The Bertz CT molecular complexity index is 432. The van der Waals surface area contributed by atoms with Crippen LogP contribution in [0.4, 0.5) is 4.39 Å². The van der Waals surface area contributed by atoms with Crippen LogP contribution in [0.15, 0.2) is 18.2 Å². The molecule has 2 rings (SSSR count). The Kier molecular flexibility index (Phi) is 4.19. The quantitative estimate of drug-likeness (QED) is 0.889. The maximum Gasteiger partial charge on any atom is 0.227 e. The molecule has 1 unspecified atom stereocenters. The molecule has 0 bridgehead atoms. The lowest BCUT2D eigenvalue weighted by Gasteiger charge is -2.32. The smallest absolute Gasteiger partial charge is 0.227 e. The van der Waals surface area contributed by atoms with Gasteiger partial charge in [0, 0.05) is 36.3 Å². The van der Waals surface area contributed by atoms with Crippen LogP contribution in [-0.2, 0) is 11.2 Å². The molecule has 0 saturated carbocycles. The first kappa shape index (κ1) is 13.3. The third kappa shape index (κ3) is 3.00. The number of nitrogens with zero attached hydrogens (tertiary/aromatic N) is 1. The van der Waals surface area contributed by atoms with Gasteiger partial charge in [-0.05, 0) is 19.1 Å². The summed E-state index contributed by atoms with van der Waals surface area (Å²) in [6.45, 7) is 4.12. The Morgan fingerprint density at radius 2 is 2.39 bits per heavy atom. The van der Waals surface area contributed by atoms with Crippen LogP contribution in [-0.4, -0.2) is 36.5 Å². The molecule has 0 aromatic heterocycles. The van der Waals surface area contributed by atoms with Crippen LogP contribution in [0.5, 0.6) is 0 Å². The van der Waals surface area contributed by atoms with E-state index in [4.69, 9.17) is 11.6 Å². The van der Waals surface area contributed by atoms with Crippen molar-refractivity contribution in [1.82, 2.24) is 10.2 Å². The van der Waals surface area contributed by atoms with Gasteiger partial charge in [0.15, 0.2) is 0 Å². The number of nitrogens with one attached hydrogen (secondary N) is 1. The summed E-state index contributed by atoms with van der Waals surface area (Å²) in [4.78, 5) is 13.8. The summed E-state index contributed by atoms with van der Waals surface area (Å²) < 4.78 is 13.6. The summed E-state index contributed by atoms with van der Waals surface area (Å²) in [5.74, 6) is -0.491. The zero-order chi connectivity index (χ0) is 13.1. The molecule has 0 aliphatic carbocycles. The molecule has 1 fully saturated rings. The monoisotopic (exact) mass is 270 g/mol. The molecular weight excluding hydrogens is 255 g/mol. The molecule has 1 amide bonds. The van der Waals surface area contributed by atoms with Gasteiger partial charge < -0.3 is 10.2 Å². The Hall–Kier alpha value is -1.13. The van der Waals surface area contributed by atoms with Gasteiger partial charge in [0.2, 0.25) is 5.91 Å². The minimum absolute atomic E-state index is 0.0260. The van der Waals surface area contributed by atoms with Crippen molar-refractivity contribution in [2.45, 2.75) is 19.4 Å². The number of carbonyl (C=O) groups is 1. The van der Waals surface area contributed by atoms with Crippen molar-refractivity contribution in [2.24, 2.45) is 0 Å². The van der Waals surface area contributed by atoms with Gasteiger partial charge in [-0.25, -0.2) is 4.39 Å². The molecule has 1 aliphatic heterocycles. The average Bonchev–Trinajstić information content (AvgIpc) is 2.34. The number of rotatable bonds is 2. The van der Waals surface area contributed by atoms with E-state index in [2.05, 4.69) is 5.32 Å². The van der Waals surface area contributed by atoms with Crippen LogP contribution in [0.25, 0.3) is 0 Å². The minimum atomic E-state index is -0.418. The second-order valence-corrected chi connectivity index (χ2v) is 4.98. The lowest BCUT2D eigenvalue weighted by atomic mass is 10.1. The van der Waals surface area contributed by atoms with Crippen molar-refractivity contribution in [1.29, 1.82) is 0 Å². The van der Waals surface area contributed by atoms with Crippen LogP contribution in [0, 0.1) is 5.82 Å². The molecule has 5 heteroatoms. The molecular formula is C13H16ClFN2O. The van der Waals surface area contributed by atoms with Crippen LogP contribution in [0.1, 0.15) is 12.5 Å². The standard InChI is InChI=1S/C13H16ClFN2O/c1-9-8-17(6-5-16-9)13(18)7-10-11(14)3-2-4-12(10)15/h2-4,9,16H,5-8H2,1H3. The third-order valence-corrected chi connectivity index (χ3v) is 3.47. The van der Waals surface area contributed by atoms with E-state index in [-0.39, 0.29) is 23.9 Å². The van der Waals surface area contributed by atoms with Crippen molar-refractivity contribution < 1.29 is 9.18 Å². The number of carbonyl (C=O) groups excluding carboxylic acids is 1. The van der Waals surface area contributed by atoms with Crippen molar-refractivity contribution in [3.05, 3.63) is 34.6 Å². The largest absolute Gasteiger partial charge is 0.340 e. The molecule has 1 atom stereocenters. The molecule has 1 aliphatic rings. The van der Waals surface area contributed by atoms with Gasteiger partial charge in [0.05, 0.1) is 6.42 Å². The molecule has 1 aromatic rings. The molecule has 98 valence electrons. The Labute approximate surface area is 111 Å². The van der Waals surface area contributed by atoms with E-state index in [9.17, 15) is 9.18 Å². The van der Waals surface area contributed by atoms with Gasteiger partial charge in [-0.15, -0.1) is 0 Å². The number of benzene rings is 1. The molecule has 3 nitrogen and oxygen atoms in total. The Morgan fingerprint density at radius 3 is 3.06 bits per heavy atom. The summed E-state index contributed by atoms with van der Waals surface area (Å²) in [6, 6.07) is 4.75. The highest BCUT2D eigenvalue weighted by Crippen LogP contribution is 2.20. The second-order valence-electron chi connectivity index (χ2n) is 4.57. The van der Waals surface area contributed by atoms with Gasteiger partial charge >= 0.3 is 0 Å². The number of amides is 1. The maximum absolute atomic E-state index is 13.6. The molecule has 1 aromatic carbocycles. The van der Waals surface area contributed by atoms with Crippen LogP contribution in [0.2, 0.25) is 5.02 Å². The fourth-order valence-corrected chi connectivity index (χ4v) is 2.35. The summed E-state index contributed by atoms with van der Waals surface area (Å²) >= 11 is 5.92. The van der Waals surface area contributed by atoms with Gasteiger partial charge in [-0.2, -0.15) is 0 Å². The SMILES string of the molecule is CC1CN(C(=O)Cc2c(F)cccc2Cl)CCN1. The highest BCUT2D eigenvalue weighted by molar-refractivity contribution is 6.31.